The first-order chi connectivity index (χ1) is 9.26. The predicted molar refractivity (Wildman–Crippen MR) is 79.1 cm³/mol. The second-order valence-corrected chi connectivity index (χ2v) is 4.80. The fourth-order valence-electron chi connectivity index (χ4n) is 1.91. The van der Waals surface area contributed by atoms with Crippen molar-refractivity contribution in [3.8, 4) is 0 Å². The van der Waals surface area contributed by atoms with E-state index in [1.54, 1.807) is 19.5 Å². The third kappa shape index (κ3) is 7.01. The highest BCUT2D eigenvalue weighted by molar-refractivity contribution is 5.60. The van der Waals surface area contributed by atoms with Crippen LogP contribution < -0.4 is 0 Å². The number of hydrogen-bond acceptors (Lipinski definition) is 4. The molecule has 0 saturated carbocycles. The van der Waals surface area contributed by atoms with E-state index in [4.69, 9.17) is 4.74 Å². The zero-order chi connectivity index (χ0) is 13.9. The Morgan fingerprint density at radius 3 is 2.63 bits per heavy atom. The molecule has 0 fully saturated rings. The summed E-state index contributed by atoms with van der Waals surface area (Å²) in [6.45, 7) is 4.16. The predicted octanol–water partition coefficient (Wildman–Crippen LogP) is 3.86. The molecule has 1 aromatic heterocycles. The number of rotatable bonds is 9. The molecule has 0 radical (unpaired) electrons. The molecule has 19 heavy (non-hydrogen) atoms. The summed E-state index contributed by atoms with van der Waals surface area (Å²) in [6.07, 6.45) is 12.7. The van der Waals surface area contributed by atoms with Gasteiger partial charge in [0, 0.05) is 25.7 Å². The first-order valence-electron chi connectivity index (χ1n) is 7.10. The van der Waals surface area contributed by atoms with Crippen LogP contribution >= 0.6 is 0 Å². The molecule has 0 aliphatic heterocycles. The average Bonchev–Trinajstić information content (AvgIpc) is 2.43. The topological polar surface area (TPSA) is 47.4 Å². The summed E-state index contributed by atoms with van der Waals surface area (Å²) in [4.78, 5) is 12.5. The van der Waals surface area contributed by atoms with Gasteiger partial charge in [0.1, 0.15) is 0 Å². The van der Waals surface area contributed by atoms with Crippen molar-refractivity contribution in [2.45, 2.75) is 58.5 Å². The summed E-state index contributed by atoms with van der Waals surface area (Å²) >= 11 is 0. The van der Waals surface area contributed by atoms with Crippen LogP contribution in [0.5, 0.6) is 0 Å². The average molecular weight is 263 g/mol. The van der Waals surface area contributed by atoms with Crippen LogP contribution in [0.2, 0.25) is 0 Å². The standard InChI is InChI=1S/C15H25N3O/c1-4-8-14(19-3)9-6-5-7-10-16-15-17-11-13(2)12-18-15/h10-12,14H,4-9H2,1-3H3/b16-10+. The summed E-state index contributed by atoms with van der Waals surface area (Å²) in [7, 11) is 1.80. The van der Waals surface area contributed by atoms with Crippen LogP contribution in [0.25, 0.3) is 0 Å². The van der Waals surface area contributed by atoms with E-state index in [1.165, 1.54) is 12.8 Å². The van der Waals surface area contributed by atoms with Crippen molar-refractivity contribution in [1.82, 2.24) is 9.97 Å². The number of aromatic nitrogens is 2. The Kier molecular flexibility index (Phi) is 7.98. The van der Waals surface area contributed by atoms with Gasteiger partial charge < -0.3 is 4.74 Å². The molecule has 1 atom stereocenters. The van der Waals surface area contributed by atoms with Gasteiger partial charge in [-0.25, -0.2) is 15.0 Å². The van der Waals surface area contributed by atoms with E-state index in [2.05, 4.69) is 21.9 Å². The summed E-state index contributed by atoms with van der Waals surface area (Å²) in [6, 6.07) is 0. The van der Waals surface area contributed by atoms with Gasteiger partial charge in [-0.2, -0.15) is 0 Å². The Morgan fingerprint density at radius 1 is 1.26 bits per heavy atom. The van der Waals surface area contributed by atoms with Crippen LogP contribution in [0.15, 0.2) is 17.4 Å². The number of methoxy groups -OCH3 is 1. The molecule has 4 nitrogen and oxygen atoms in total. The van der Waals surface area contributed by atoms with Gasteiger partial charge in [-0.1, -0.05) is 19.8 Å². The van der Waals surface area contributed by atoms with Crippen LogP contribution in [0, 0.1) is 6.92 Å². The second kappa shape index (κ2) is 9.62. The smallest absolute Gasteiger partial charge is 0.248 e. The van der Waals surface area contributed by atoms with Crippen molar-refractivity contribution in [3.63, 3.8) is 0 Å². The molecular formula is C15H25N3O. The van der Waals surface area contributed by atoms with E-state index in [0.29, 0.717) is 12.1 Å². The lowest BCUT2D eigenvalue weighted by molar-refractivity contribution is 0.0853. The molecule has 0 spiro atoms. The molecule has 1 heterocycles. The first kappa shape index (κ1) is 15.8. The van der Waals surface area contributed by atoms with Crippen molar-refractivity contribution in [2.24, 2.45) is 4.99 Å². The SMILES string of the molecule is CCCC(CCCC/C=N/c1ncc(C)cn1)OC. The third-order valence-corrected chi connectivity index (χ3v) is 3.03. The minimum atomic E-state index is 0.419. The van der Waals surface area contributed by atoms with Crippen LogP contribution in [0.3, 0.4) is 0 Å². The number of nitrogens with zero attached hydrogens (tertiary/aromatic N) is 3. The molecule has 0 bridgehead atoms. The maximum atomic E-state index is 5.42. The zero-order valence-electron chi connectivity index (χ0n) is 12.3. The van der Waals surface area contributed by atoms with Gasteiger partial charge in [0.05, 0.1) is 6.10 Å². The van der Waals surface area contributed by atoms with E-state index in [-0.39, 0.29) is 0 Å². The third-order valence-electron chi connectivity index (χ3n) is 3.03. The van der Waals surface area contributed by atoms with Crippen molar-refractivity contribution >= 4 is 12.2 Å². The number of hydrogen-bond donors (Lipinski definition) is 0. The Morgan fingerprint density at radius 2 is 2.00 bits per heavy atom. The zero-order valence-corrected chi connectivity index (χ0v) is 12.3. The molecule has 0 aliphatic carbocycles. The van der Waals surface area contributed by atoms with Crippen molar-refractivity contribution in [1.29, 1.82) is 0 Å². The van der Waals surface area contributed by atoms with E-state index >= 15 is 0 Å². The minimum Gasteiger partial charge on any atom is -0.381 e. The Hall–Kier alpha value is -1.29. The van der Waals surface area contributed by atoms with Gasteiger partial charge >= 0.3 is 0 Å². The highest BCUT2D eigenvalue weighted by Gasteiger charge is 2.04. The van der Waals surface area contributed by atoms with Crippen LogP contribution in [0.1, 0.15) is 51.0 Å². The molecule has 0 N–H and O–H groups in total. The quantitative estimate of drug-likeness (QED) is 0.502. The maximum absolute atomic E-state index is 5.42. The van der Waals surface area contributed by atoms with Crippen LogP contribution in [-0.4, -0.2) is 29.4 Å². The summed E-state index contributed by atoms with van der Waals surface area (Å²) in [5, 5.41) is 0. The lowest BCUT2D eigenvalue weighted by Gasteiger charge is -2.13. The van der Waals surface area contributed by atoms with Gasteiger partial charge in [-0.05, 0) is 38.2 Å². The van der Waals surface area contributed by atoms with Gasteiger partial charge in [0.15, 0.2) is 0 Å². The fourth-order valence-corrected chi connectivity index (χ4v) is 1.91. The fraction of sp³-hybridized carbons (Fsp3) is 0.667. The first-order valence-corrected chi connectivity index (χ1v) is 7.10. The summed E-state index contributed by atoms with van der Waals surface area (Å²) in [5.41, 5.74) is 1.06. The lowest BCUT2D eigenvalue weighted by Crippen LogP contribution is -2.09. The Labute approximate surface area is 116 Å². The molecular weight excluding hydrogens is 238 g/mol. The van der Waals surface area contributed by atoms with E-state index in [9.17, 15) is 0 Å². The molecule has 0 amide bonds. The summed E-state index contributed by atoms with van der Waals surface area (Å²) < 4.78 is 5.42. The van der Waals surface area contributed by atoms with Gasteiger partial charge in [0.2, 0.25) is 5.95 Å². The van der Waals surface area contributed by atoms with Gasteiger partial charge in [-0.15, -0.1) is 0 Å². The molecule has 1 unspecified atom stereocenters. The highest BCUT2D eigenvalue weighted by atomic mass is 16.5. The monoisotopic (exact) mass is 263 g/mol. The minimum absolute atomic E-state index is 0.419. The molecule has 0 saturated heterocycles. The molecule has 1 rings (SSSR count). The van der Waals surface area contributed by atoms with Gasteiger partial charge in [-0.3, -0.25) is 0 Å². The molecule has 0 aliphatic rings. The van der Waals surface area contributed by atoms with Crippen LogP contribution in [0.4, 0.5) is 5.95 Å². The maximum Gasteiger partial charge on any atom is 0.248 e. The normalized spacial score (nSPS) is 13.0. The number of unbranched alkanes of at least 4 members (excludes halogenated alkanes) is 2. The summed E-state index contributed by atoms with van der Waals surface area (Å²) in [5.74, 6) is 0.548. The molecule has 0 aromatic carbocycles. The van der Waals surface area contributed by atoms with Crippen molar-refractivity contribution < 1.29 is 4.74 Å². The Balaban J connectivity index is 2.15. The number of aryl methyl sites for hydroxylation is 1. The van der Waals surface area contributed by atoms with E-state index < -0.39 is 0 Å². The highest BCUT2D eigenvalue weighted by Crippen LogP contribution is 2.11. The lowest BCUT2D eigenvalue weighted by atomic mass is 10.1. The Bertz CT molecular complexity index is 362. The van der Waals surface area contributed by atoms with Crippen molar-refractivity contribution in [3.05, 3.63) is 18.0 Å². The number of aliphatic imine (C=N–C) groups is 1. The van der Waals surface area contributed by atoms with E-state index in [1.807, 2.05) is 13.1 Å². The largest absolute Gasteiger partial charge is 0.381 e. The molecule has 1 aromatic rings. The molecule has 4 heteroatoms. The second-order valence-electron chi connectivity index (χ2n) is 4.80. The molecule has 106 valence electrons. The van der Waals surface area contributed by atoms with E-state index in [0.717, 1.165) is 31.2 Å². The van der Waals surface area contributed by atoms with Crippen molar-refractivity contribution in [2.75, 3.05) is 7.11 Å². The van der Waals surface area contributed by atoms with Crippen LogP contribution in [-0.2, 0) is 4.74 Å². The number of ether oxygens (including phenoxy) is 1. The van der Waals surface area contributed by atoms with Gasteiger partial charge in [0.25, 0.3) is 0 Å².